The largest absolute Gasteiger partial charge is 0.493 e. The zero-order chi connectivity index (χ0) is 33.7. The minimum absolute atomic E-state index is 0.117. The molecule has 0 unspecified atom stereocenters. The highest BCUT2D eigenvalue weighted by Gasteiger charge is 2.09. The Morgan fingerprint density at radius 1 is 0.604 bits per heavy atom. The van der Waals surface area contributed by atoms with Gasteiger partial charge >= 0.3 is 0 Å². The Bertz CT molecular complexity index is 1520. The molecule has 7 nitrogen and oxygen atoms in total. The lowest BCUT2D eigenvalue weighted by atomic mass is 10.1. The lowest BCUT2D eigenvalue weighted by molar-refractivity contribution is -0.697. The van der Waals surface area contributed by atoms with Crippen LogP contribution in [0.3, 0.4) is 0 Å². The van der Waals surface area contributed by atoms with E-state index in [9.17, 15) is 4.79 Å². The second kappa shape index (κ2) is 21.3. The number of hydrogen-bond acceptors (Lipinski definition) is 5. The average molecular weight is 653 g/mol. The van der Waals surface area contributed by atoms with Crippen LogP contribution in [0, 0.1) is 0 Å². The number of unbranched alkanes of at least 4 members (excludes halogenated alkanes) is 4. The van der Waals surface area contributed by atoms with E-state index >= 15 is 0 Å². The van der Waals surface area contributed by atoms with Crippen LogP contribution in [0.25, 0.3) is 0 Å². The number of pyridine rings is 2. The van der Waals surface area contributed by atoms with Gasteiger partial charge in [-0.1, -0.05) is 30.3 Å². The zero-order valence-electron chi connectivity index (χ0n) is 28.7. The normalized spacial score (nSPS) is 11.0. The number of nitrogens with zero attached hydrogens (tertiary/aromatic N) is 2. The first-order valence-corrected chi connectivity index (χ1v) is 17.3. The molecule has 0 fully saturated rings. The lowest BCUT2D eigenvalue weighted by Gasteiger charge is -2.12. The van der Waals surface area contributed by atoms with Gasteiger partial charge in [-0.15, -0.1) is 0 Å². The van der Waals surface area contributed by atoms with Crippen molar-refractivity contribution in [1.82, 2.24) is 0 Å². The predicted octanol–water partition coefficient (Wildman–Crippen LogP) is 7.47. The van der Waals surface area contributed by atoms with Gasteiger partial charge in [-0.2, -0.15) is 0 Å². The Balaban J connectivity index is 1.10. The molecule has 0 N–H and O–H groups in total. The maximum atomic E-state index is 12.6. The lowest BCUT2D eigenvalue weighted by Crippen LogP contribution is -2.32. The third-order valence-electron chi connectivity index (χ3n) is 8.21. The number of benzene rings is 2. The first-order chi connectivity index (χ1) is 23.6. The van der Waals surface area contributed by atoms with Crippen LogP contribution in [0.4, 0.5) is 0 Å². The Labute approximate surface area is 286 Å². The van der Waals surface area contributed by atoms with E-state index in [2.05, 4.69) is 64.3 Å². The van der Waals surface area contributed by atoms with Crippen molar-refractivity contribution in [3.8, 4) is 23.0 Å². The number of ether oxygens (including phenoxy) is 4. The number of hydrogen-bond donors (Lipinski definition) is 0. The van der Waals surface area contributed by atoms with E-state index in [-0.39, 0.29) is 5.78 Å². The van der Waals surface area contributed by atoms with Crippen LogP contribution in [0.1, 0.15) is 62.5 Å². The molecule has 0 aliphatic heterocycles. The van der Waals surface area contributed by atoms with Crippen LogP contribution in [0.2, 0.25) is 0 Å². The first-order valence-electron chi connectivity index (χ1n) is 17.3. The topological polar surface area (TPSA) is 61.8 Å². The number of carbonyl (C=O) groups excluding carboxylic acids is 1. The van der Waals surface area contributed by atoms with Crippen molar-refractivity contribution in [2.45, 2.75) is 77.3 Å². The Morgan fingerprint density at radius 3 is 1.60 bits per heavy atom. The van der Waals surface area contributed by atoms with Crippen molar-refractivity contribution in [3.05, 3.63) is 121 Å². The molecule has 2 aromatic heterocycles. The molecule has 0 bridgehead atoms. The summed E-state index contributed by atoms with van der Waals surface area (Å²) in [5.74, 6) is 3.09. The maximum absolute atomic E-state index is 12.6. The molecule has 2 heterocycles. The third kappa shape index (κ3) is 13.2. The molecule has 0 saturated heterocycles. The number of allylic oxidation sites excluding steroid dienone is 2. The molecule has 0 saturated carbocycles. The highest BCUT2D eigenvalue weighted by atomic mass is 16.5. The van der Waals surface area contributed by atoms with Gasteiger partial charge in [-0.3, -0.25) is 4.79 Å². The van der Waals surface area contributed by atoms with Crippen LogP contribution >= 0.6 is 0 Å². The number of rotatable bonds is 23. The highest BCUT2D eigenvalue weighted by Crippen LogP contribution is 2.30. The maximum Gasteiger partial charge on any atom is 0.168 e. The van der Waals surface area contributed by atoms with Gasteiger partial charge < -0.3 is 18.9 Å². The summed E-state index contributed by atoms with van der Waals surface area (Å²) in [6, 6.07) is 24.3. The summed E-state index contributed by atoms with van der Waals surface area (Å²) in [6.07, 6.45) is 21.2. The number of aromatic nitrogens is 2. The van der Waals surface area contributed by atoms with E-state index in [4.69, 9.17) is 18.9 Å². The molecule has 2 aromatic carbocycles. The molecule has 48 heavy (non-hydrogen) atoms. The molecule has 0 aliphatic rings. The molecule has 0 atom stereocenters. The summed E-state index contributed by atoms with van der Waals surface area (Å²) >= 11 is 0. The van der Waals surface area contributed by atoms with Crippen LogP contribution in [0.5, 0.6) is 23.0 Å². The number of ketones is 1. The van der Waals surface area contributed by atoms with Gasteiger partial charge in [-0.25, -0.2) is 9.13 Å². The second-order valence-corrected chi connectivity index (χ2v) is 11.9. The number of carbonyl (C=O) groups is 1. The average Bonchev–Trinajstić information content (AvgIpc) is 3.13. The molecule has 254 valence electrons. The summed E-state index contributed by atoms with van der Waals surface area (Å²) in [5.41, 5.74) is 2.21. The third-order valence-corrected chi connectivity index (χ3v) is 8.21. The molecule has 0 aliphatic carbocycles. The fourth-order valence-electron chi connectivity index (χ4n) is 5.47. The highest BCUT2D eigenvalue weighted by molar-refractivity contribution is 5.89. The molecule has 4 aromatic rings. The Kier molecular flexibility index (Phi) is 16.0. The minimum Gasteiger partial charge on any atom is -0.493 e. The van der Waals surface area contributed by atoms with Crippen molar-refractivity contribution >= 4 is 5.78 Å². The molecular weight excluding hydrogens is 600 g/mol. The van der Waals surface area contributed by atoms with Crippen LogP contribution in [0.15, 0.2) is 110 Å². The number of aryl methyl sites for hydroxylation is 4. The van der Waals surface area contributed by atoms with Gasteiger partial charge in [0.05, 0.1) is 27.4 Å². The van der Waals surface area contributed by atoms with Crippen molar-refractivity contribution in [2.75, 3.05) is 27.4 Å². The van der Waals surface area contributed by atoms with E-state index < -0.39 is 0 Å². The fourth-order valence-corrected chi connectivity index (χ4v) is 5.47. The summed E-state index contributed by atoms with van der Waals surface area (Å²) in [4.78, 5) is 12.6. The molecule has 4 rings (SSSR count). The van der Waals surface area contributed by atoms with Crippen molar-refractivity contribution < 1.29 is 32.9 Å². The first kappa shape index (κ1) is 36.2. The van der Waals surface area contributed by atoms with Crippen molar-refractivity contribution in [3.63, 3.8) is 0 Å². The predicted molar refractivity (Wildman–Crippen MR) is 189 cm³/mol. The number of methoxy groups -OCH3 is 2. The van der Waals surface area contributed by atoms with E-state index in [1.165, 1.54) is 0 Å². The van der Waals surface area contributed by atoms with Crippen LogP contribution < -0.4 is 28.1 Å². The summed E-state index contributed by atoms with van der Waals surface area (Å²) in [7, 11) is 3.33. The van der Waals surface area contributed by atoms with Crippen LogP contribution in [-0.4, -0.2) is 33.2 Å². The fraction of sp³-hybridized carbons (Fsp3) is 0.390. The van der Waals surface area contributed by atoms with Gasteiger partial charge in [0.2, 0.25) is 0 Å². The zero-order valence-corrected chi connectivity index (χ0v) is 28.7. The minimum atomic E-state index is 0.117. The summed E-state index contributed by atoms with van der Waals surface area (Å²) in [6.45, 7) is 3.36. The summed E-state index contributed by atoms with van der Waals surface area (Å²) in [5, 5.41) is 0. The quantitative estimate of drug-likeness (QED) is 0.0473. The van der Waals surface area contributed by atoms with Crippen molar-refractivity contribution in [1.29, 1.82) is 0 Å². The van der Waals surface area contributed by atoms with Gasteiger partial charge in [0.15, 0.2) is 53.6 Å². The van der Waals surface area contributed by atoms with Crippen molar-refractivity contribution in [2.24, 2.45) is 0 Å². The summed E-state index contributed by atoms with van der Waals surface area (Å²) < 4.78 is 27.6. The second-order valence-electron chi connectivity index (χ2n) is 11.9. The molecule has 0 radical (unpaired) electrons. The SMILES string of the molecule is COc1cc(CC/C=C/C(=O)CCc2ccc(OCCCCC[n+]3ccccc3)c(OC)c2)ccc1OCCCCC[n+]1ccccc1. The molecule has 0 amide bonds. The Morgan fingerprint density at radius 2 is 1.10 bits per heavy atom. The van der Waals surface area contributed by atoms with Gasteiger partial charge in [0, 0.05) is 43.5 Å². The van der Waals surface area contributed by atoms with Crippen LogP contribution in [-0.2, 0) is 30.7 Å². The van der Waals surface area contributed by atoms with E-state index in [0.29, 0.717) is 31.8 Å². The molecular formula is C41H52N2O5+2. The standard InChI is InChI=1S/C41H52N2O5/c1-45-40-33-35(20-23-38(40)47-31-15-5-13-29-42-25-9-3-10-26-42)17-7-8-18-37(44)22-19-36-21-24-39(41(34-36)46-2)48-32-16-6-14-30-43-27-11-4-12-28-43/h3-4,8-12,18,20-21,23-28,33-34H,5-7,13-17,19,22,29-32H2,1-2H3/q+2/b18-8+. The molecule has 7 heteroatoms. The van der Waals surface area contributed by atoms with Gasteiger partial charge in [-0.05, 0) is 86.4 Å². The van der Waals surface area contributed by atoms with E-state index in [0.717, 1.165) is 92.8 Å². The smallest absolute Gasteiger partial charge is 0.168 e. The van der Waals surface area contributed by atoms with Gasteiger partial charge in [0.1, 0.15) is 13.1 Å². The monoisotopic (exact) mass is 652 g/mol. The van der Waals surface area contributed by atoms with Gasteiger partial charge in [0.25, 0.3) is 0 Å². The van der Waals surface area contributed by atoms with E-state index in [1.807, 2.05) is 48.5 Å². The Hall–Kier alpha value is -4.65. The molecule has 0 spiro atoms. The van der Waals surface area contributed by atoms with E-state index in [1.54, 1.807) is 20.3 Å².